The van der Waals surface area contributed by atoms with Gasteiger partial charge in [0, 0.05) is 18.3 Å². The van der Waals surface area contributed by atoms with E-state index in [0.29, 0.717) is 5.92 Å². The predicted octanol–water partition coefficient (Wildman–Crippen LogP) is 3.65. The first-order chi connectivity index (χ1) is 7.34. The molecule has 0 saturated heterocycles. The Morgan fingerprint density at radius 3 is 2.87 bits per heavy atom. The van der Waals surface area contributed by atoms with Crippen molar-refractivity contribution in [2.75, 3.05) is 0 Å². The highest BCUT2D eigenvalue weighted by molar-refractivity contribution is 6.33. The molecule has 2 nitrogen and oxygen atoms in total. The highest BCUT2D eigenvalue weighted by atomic mass is 35.5. The van der Waals surface area contributed by atoms with E-state index in [2.05, 4.69) is 11.2 Å². The molecule has 1 fully saturated rings. The summed E-state index contributed by atoms with van der Waals surface area (Å²) in [6.45, 7) is 0. The van der Waals surface area contributed by atoms with E-state index in [-0.39, 0.29) is 0 Å². The van der Waals surface area contributed by atoms with Crippen molar-refractivity contribution in [3.8, 4) is 0 Å². The smallest absolute Gasteiger partial charge is 0.155 e. The van der Waals surface area contributed by atoms with Crippen LogP contribution in [0.3, 0.4) is 0 Å². The second-order valence-electron chi connectivity index (χ2n) is 4.23. The van der Waals surface area contributed by atoms with Crippen LogP contribution in [0.25, 0.3) is 5.65 Å². The first-order valence-electron chi connectivity index (χ1n) is 5.48. The molecule has 2 aromatic rings. The van der Waals surface area contributed by atoms with Gasteiger partial charge < -0.3 is 4.40 Å². The van der Waals surface area contributed by atoms with E-state index < -0.39 is 0 Å². The number of nitrogens with zero attached hydrogens (tertiary/aromatic N) is 2. The van der Waals surface area contributed by atoms with Crippen LogP contribution in [-0.2, 0) is 0 Å². The van der Waals surface area contributed by atoms with Gasteiger partial charge in [-0.25, -0.2) is 4.98 Å². The van der Waals surface area contributed by atoms with Crippen LogP contribution < -0.4 is 0 Å². The third-order valence-corrected chi connectivity index (χ3v) is 3.52. The monoisotopic (exact) mass is 220 g/mol. The lowest BCUT2D eigenvalue weighted by Crippen LogP contribution is -1.91. The molecule has 3 heteroatoms. The molecule has 0 spiro atoms. The molecule has 15 heavy (non-hydrogen) atoms. The Bertz CT molecular complexity index is 483. The molecular weight excluding hydrogens is 208 g/mol. The number of aromatic nitrogens is 2. The molecule has 3 rings (SSSR count). The highest BCUT2D eigenvalue weighted by Crippen LogP contribution is 2.34. The van der Waals surface area contributed by atoms with Crippen LogP contribution in [0.15, 0.2) is 24.5 Å². The van der Waals surface area contributed by atoms with Crippen molar-refractivity contribution in [1.82, 2.24) is 9.38 Å². The first-order valence-corrected chi connectivity index (χ1v) is 5.85. The average molecular weight is 221 g/mol. The van der Waals surface area contributed by atoms with Crippen molar-refractivity contribution in [3.63, 3.8) is 0 Å². The first kappa shape index (κ1) is 9.22. The number of imidazole rings is 1. The van der Waals surface area contributed by atoms with Crippen molar-refractivity contribution in [3.05, 3.63) is 35.2 Å². The molecule has 1 saturated carbocycles. The Morgan fingerprint density at radius 1 is 1.33 bits per heavy atom. The molecule has 0 bridgehead atoms. The third kappa shape index (κ3) is 1.53. The van der Waals surface area contributed by atoms with Gasteiger partial charge in [0.05, 0.1) is 10.7 Å². The fourth-order valence-corrected chi connectivity index (χ4v) is 2.63. The Kier molecular flexibility index (Phi) is 2.17. The Hall–Kier alpha value is -1.02. The zero-order valence-corrected chi connectivity index (χ0v) is 9.24. The zero-order valence-electron chi connectivity index (χ0n) is 8.49. The maximum absolute atomic E-state index is 6.09. The normalized spacial score (nSPS) is 17.7. The standard InChI is InChI=1S/C12H13ClN2/c13-10-6-3-7-15-8-11(14-12(10)15)9-4-1-2-5-9/h3,6-9H,1-2,4-5H2. The predicted molar refractivity (Wildman–Crippen MR) is 61.4 cm³/mol. The number of rotatable bonds is 1. The summed E-state index contributed by atoms with van der Waals surface area (Å²) in [6.07, 6.45) is 9.37. The lowest BCUT2D eigenvalue weighted by atomic mass is 10.1. The molecule has 2 heterocycles. The number of hydrogen-bond acceptors (Lipinski definition) is 1. The van der Waals surface area contributed by atoms with E-state index >= 15 is 0 Å². The molecule has 0 aromatic carbocycles. The summed E-state index contributed by atoms with van der Waals surface area (Å²) in [5.41, 5.74) is 2.10. The SMILES string of the molecule is Clc1cccn2cc(C3CCCC3)nc12. The number of hydrogen-bond donors (Lipinski definition) is 0. The third-order valence-electron chi connectivity index (χ3n) is 3.23. The summed E-state index contributed by atoms with van der Waals surface area (Å²) >= 11 is 6.09. The van der Waals surface area contributed by atoms with Gasteiger partial charge in [-0.05, 0) is 25.0 Å². The minimum Gasteiger partial charge on any atom is -0.306 e. The molecule has 0 radical (unpaired) electrons. The topological polar surface area (TPSA) is 17.3 Å². The van der Waals surface area contributed by atoms with Crippen molar-refractivity contribution in [1.29, 1.82) is 0 Å². The molecule has 1 aliphatic carbocycles. The van der Waals surface area contributed by atoms with Gasteiger partial charge in [0.25, 0.3) is 0 Å². The molecule has 78 valence electrons. The van der Waals surface area contributed by atoms with Crippen LogP contribution in [0.1, 0.15) is 37.3 Å². The molecule has 0 unspecified atom stereocenters. The van der Waals surface area contributed by atoms with E-state index in [1.807, 2.05) is 22.7 Å². The van der Waals surface area contributed by atoms with Crippen molar-refractivity contribution in [2.24, 2.45) is 0 Å². The Morgan fingerprint density at radius 2 is 2.13 bits per heavy atom. The Balaban J connectivity index is 2.09. The molecule has 0 aliphatic heterocycles. The van der Waals surface area contributed by atoms with Crippen LogP contribution >= 0.6 is 11.6 Å². The number of pyridine rings is 1. The summed E-state index contributed by atoms with van der Waals surface area (Å²) in [7, 11) is 0. The van der Waals surface area contributed by atoms with E-state index in [1.165, 1.54) is 31.4 Å². The van der Waals surface area contributed by atoms with Gasteiger partial charge in [0.15, 0.2) is 5.65 Å². The number of fused-ring (bicyclic) bond motifs is 1. The van der Waals surface area contributed by atoms with E-state index in [0.717, 1.165) is 10.7 Å². The maximum Gasteiger partial charge on any atom is 0.155 e. The molecule has 0 amide bonds. The van der Waals surface area contributed by atoms with Gasteiger partial charge >= 0.3 is 0 Å². The van der Waals surface area contributed by atoms with Gasteiger partial charge in [-0.1, -0.05) is 24.4 Å². The lowest BCUT2D eigenvalue weighted by molar-refractivity contribution is 0.703. The lowest BCUT2D eigenvalue weighted by Gasteiger charge is -2.02. The van der Waals surface area contributed by atoms with E-state index in [4.69, 9.17) is 11.6 Å². The summed E-state index contributed by atoms with van der Waals surface area (Å²) in [5.74, 6) is 0.654. The number of halogens is 1. The largest absolute Gasteiger partial charge is 0.306 e. The van der Waals surface area contributed by atoms with E-state index in [9.17, 15) is 0 Å². The molecular formula is C12H13ClN2. The second-order valence-corrected chi connectivity index (χ2v) is 4.64. The zero-order chi connectivity index (χ0) is 10.3. The molecule has 2 aromatic heterocycles. The van der Waals surface area contributed by atoms with Crippen LogP contribution in [0.5, 0.6) is 0 Å². The summed E-state index contributed by atoms with van der Waals surface area (Å²) < 4.78 is 2.02. The fourth-order valence-electron chi connectivity index (χ4n) is 2.42. The summed E-state index contributed by atoms with van der Waals surface area (Å²) in [6, 6.07) is 3.84. The molecule has 1 aliphatic rings. The molecule has 0 atom stereocenters. The van der Waals surface area contributed by atoms with Gasteiger partial charge in [0.2, 0.25) is 0 Å². The van der Waals surface area contributed by atoms with Gasteiger partial charge in [0.1, 0.15) is 0 Å². The molecule has 0 N–H and O–H groups in total. The van der Waals surface area contributed by atoms with E-state index in [1.54, 1.807) is 0 Å². The second kappa shape index (κ2) is 3.53. The minimum absolute atomic E-state index is 0.654. The van der Waals surface area contributed by atoms with Gasteiger partial charge in [-0.15, -0.1) is 0 Å². The quantitative estimate of drug-likeness (QED) is 0.717. The summed E-state index contributed by atoms with van der Waals surface area (Å²) in [4.78, 5) is 4.63. The van der Waals surface area contributed by atoms with Crippen LogP contribution in [0.4, 0.5) is 0 Å². The van der Waals surface area contributed by atoms with Crippen LogP contribution in [0, 0.1) is 0 Å². The van der Waals surface area contributed by atoms with Crippen molar-refractivity contribution in [2.45, 2.75) is 31.6 Å². The Labute approximate surface area is 93.9 Å². The summed E-state index contributed by atoms with van der Waals surface area (Å²) in [5, 5.41) is 0.738. The highest BCUT2D eigenvalue weighted by Gasteiger charge is 2.20. The van der Waals surface area contributed by atoms with Gasteiger partial charge in [-0.3, -0.25) is 0 Å². The van der Waals surface area contributed by atoms with Crippen LogP contribution in [0.2, 0.25) is 5.02 Å². The maximum atomic E-state index is 6.09. The van der Waals surface area contributed by atoms with Gasteiger partial charge in [-0.2, -0.15) is 0 Å². The van der Waals surface area contributed by atoms with Crippen LogP contribution in [-0.4, -0.2) is 9.38 Å². The average Bonchev–Trinajstić information content (AvgIpc) is 2.86. The fraction of sp³-hybridized carbons (Fsp3) is 0.417. The van der Waals surface area contributed by atoms with Crippen molar-refractivity contribution >= 4 is 17.2 Å². The minimum atomic E-state index is 0.654. The van der Waals surface area contributed by atoms with Crippen molar-refractivity contribution < 1.29 is 0 Å².